The summed E-state index contributed by atoms with van der Waals surface area (Å²) >= 11 is 0. The number of carbonyl (C=O) groups excluding carboxylic acids is 1. The SMILES string of the molecule is COC(=O)c1cn(C[C@H](OC2Cc3ccccc3C2)[C@H](O)c2cc(OC)c(C)c(OC)c2)cc1CC(=O)O. The number of fused-ring (bicyclic) bond motifs is 1. The summed E-state index contributed by atoms with van der Waals surface area (Å²) in [6, 6.07) is 11.7. The molecule has 0 spiro atoms. The highest BCUT2D eigenvalue weighted by Gasteiger charge is 2.31. The molecule has 0 aliphatic heterocycles. The van der Waals surface area contributed by atoms with Crippen LogP contribution < -0.4 is 9.47 Å². The van der Waals surface area contributed by atoms with Gasteiger partial charge in [0.15, 0.2) is 0 Å². The van der Waals surface area contributed by atoms with Gasteiger partial charge < -0.3 is 33.7 Å². The lowest BCUT2D eigenvalue weighted by atomic mass is 10.0. The van der Waals surface area contributed by atoms with Crippen molar-refractivity contribution in [3.8, 4) is 11.5 Å². The Labute approximate surface area is 221 Å². The topological polar surface area (TPSA) is 116 Å². The van der Waals surface area contributed by atoms with E-state index < -0.39 is 24.1 Å². The average molecular weight is 524 g/mol. The van der Waals surface area contributed by atoms with Crippen LogP contribution in [-0.4, -0.2) is 60.3 Å². The number of hydrogen-bond donors (Lipinski definition) is 2. The predicted molar refractivity (Wildman–Crippen MR) is 139 cm³/mol. The van der Waals surface area contributed by atoms with Crippen LogP contribution in [0.15, 0.2) is 48.8 Å². The van der Waals surface area contributed by atoms with E-state index in [1.807, 2.05) is 19.1 Å². The van der Waals surface area contributed by atoms with Gasteiger partial charge in [-0.1, -0.05) is 24.3 Å². The second-order valence-electron chi connectivity index (χ2n) is 9.42. The number of aliphatic carboxylic acids is 1. The Morgan fingerprint density at radius 2 is 1.63 bits per heavy atom. The number of hydrogen-bond acceptors (Lipinski definition) is 7. The quantitative estimate of drug-likeness (QED) is 0.367. The first-order valence-corrected chi connectivity index (χ1v) is 12.4. The number of carbonyl (C=O) groups is 2. The van der Waals surface area contributed by atoms with Crippen LogP contribution in [0.4, 0.5) is 0 Å². The summed E-state index contributed by atoms with van der Waals surface area (Å²) in [4.78, 5) is 23.7. The Morgan fingerprint density at radius 3 is 2.16 bits per heavy atom. The van der Waals surface area contributed by atoms with Gasteiger partial charge in [0.25, 0.3) is 0 Å². The molecule has 38 heavy (non-hydrogen) atoms. The van der Waals surface area contributed by atoms with Gasteiger partial charge in [0.2, 0.25) is 0 Å². The molecular formula is C29H33NO8. The molecule has 0 saturated carbocycles. The van der Waals surface area contributed by atoms with E-state index >= 15 is 0 Å². The first-order valence-electron chi connectivity index (χ1n) is 12.4. The van der Waals surface area contributed by atoms with E-state index in [1.165, 1.54) is 24.4 Å². The van der Waals surface area contributed by atoms with Crippen molar-refractivity contribution in [1.29, 1.82) is 0 Å². The fourth-order valence-corrected chi connectivity index (χ4v) is 5.04. The molecule has 4 rings (SSSR count). The molecule has 9 nitrogen and oxygen atoms in total. The lowest BCUT2D eigenvalue weighted by Crippen LogP contribution is -2.32. The molecule has 0 fully saturated rings. The molecule has 0 amide bonds. The number of esters is 1. The van der Waals surface area contributed by atoms with Crippen molar-refractivity contribution in [2.75, 3.05) is 21.3 Å². The standard InChI is InChI=1S/C29H33NO8/c1-17-24(35-2)11-20(12-25(17)36-3)28(33)26(38-22-9-18-7-5-6-8-19(18)10-22)16-30-14-21(13-27(31)32)23(15-30)29(34)37-4/h5-8,11-12,14-15,22,26,28,33H,9-10,13,16H2,1-4H3,(H,31,32)/t26-,28+/m0/s1. The lowest BCUT2D eigenvalue weighted by molar-refractivity contribution is -0.136. The van der Waals surface area contributed by atoms with Crippen LogP contribution in [0, 0.1) is 6.92 Å². The normalized spacial score (nSPS) is 14.6. The van der Waals surface area contributed by atoms with Gasteiger partial charge in [0.1, 0.15) is 23.7 Å². The number of aliphatic hydroxyl groups is 1. The maximum Gasteiger partial charge on any atom is 0.339 e. The van der Waals surface area contributed by atoms with Gasteiger partial charge in [0.05, 0.1) is 46.0 Å². The molecule has 1 heterocycles. The van der Waals surface area contributed by atoms with Crippen LogP contribution in [0.1, 0.15) is 44.3 Å². The average Bonchev–Trinajstić information content (AvgIpc) is 3.50. The van der Waals surface area contributed by atoms with Crippen molar-refractivity contribution in [3.63, 3.8) is 0 Å². The molecule has 2 atom stereocenters. The monoisotopic (exact) mass is 523 g/mol. The van der Waals surface area contributed by atoms with Crippen LogP contribution in [0.5, 0.6) is 11.5 Å². The van der Waals surface area contributed by atoms with Crippen molar-refractivity contribution in [2.24, 2.45) is 0 Å². The van der Waals surface area contributed by atoms with Crippen LogP contribution in [0.2, 0.25) is 0 Å². The van der Waals surface area contributed by atoms with Gasteiger partial charge in [-0.15, -0.1) is 0 Å². The highest BCUT2D eigenvalue weighted by molar-refractivity contribution is 5.92. The molecule has 202 valence electrons. The van der Waals surface area contributed by atoms with Crippen LogP contribution >= 0.6 is 0 Å². The van der Waals surface area contributed by atoms with E-state index in [0.29, 0.717) is 35.5 Å². The Kier molecular flexibility index (Phi) is 8.38. The number of benzene rings is 2. The minimum absolute atomic E-state index is 0.157. The van der Waals surface area contributed by atoms with Crippen molar-refractivity contribution in [3.05, 3.63) is 82.2 Å². The Balaban J connectivity index is 1.67. The third kappa shape index (κ3) is 5.84. The molecule has 9 heteroatoms. The van der Waals surface area contributed by atoms with Crippen LogP contribution in [-0.2, 0) is 40.1 Å². The Morgan fingerprint density at radius 1 is 1.03 bits per heavy atom. The first kappa shape index (κ1) is 27.2. The Bertz CT molecular complexity index is 1260. The number of rotatable bonds is 11. The van der Waals surface area contributed by atoms with E-state index in [1.54, 1.807) is 37.1 Å². The summed E-state index contributed by atoms with van der Waals surface area (Å²) in [6.07, 6.45) is 2.24. The van der Waals surface area contributed by atoms with E-state index in [-0.39, 0.29) is 24.6 Å². The minimum Gasteiger partial charge on any atom is -0.496 e. The van der Waals surface area contributed by atoms with Gasteiger partial charge in [-0.2, -0.15) is 0 Å². The zero-order valence-electron chi connectivity index (χ0n) is 22.0. The fourth-order valence-electron chi connectivity index (χ4n) is 5.04. The van der Waals surface area contributed by atoms with E-state index in [2.05, 4.69) is 12.1 Å². The summed E-state index contributed by atoms with van der Waals surface area (Å²) in [5.74, 6) is -0.549. The van der Waals surface area contributed by atoms with E-state index in [4.69, 9.17) is 18.9 Å². The molecule has 1 aliphatic carbocycles. The highest BCUT2D eigenvalue weighted by Crippen LogP contribution is 2.35. The molecule has 0 unspecified atom stereocenters. The molecule has 0 radical (unpaired) electrons. The number of ether oxygens (including phenoxy) is 4. The van der Waals surface area contributed by atoms with E-state index in [9.17, 15) is 19.8 Å². The van der Waals surface area contributed by atoms with Gasteiger partial charge >= 0.3 is 11.9 Å². The number of methoxy groups -OCH3 is 3. The number of carboxylic acid groups (broad SMARTS) is 1. The second-order valence-corrected chi connectivity index (χ2v) is 9.42. The lowest BCUT2D eigenvalue weighted by Gasteiger charge is -2.28. The molecule has 0 saturated heterocycles. The number of carboxylic acids is 1. The molecule has 1 aliphatic rings. The first-order chi connectivity index (χ1) is 18.2. The van der Waals surface area contributed by atoms with Crippen molar-refractivity contribution < 1.29 is 38.7 Å². The number of aromatic nitrogens is 1. The minimum atomic E-state index is -1.07. The molecule has 2 aromatic carbocycles. The van der Waals surface area contributed by atoms with Gasteiger partial charge in [-0.3, -0.25) is 4.79 Å². The second kappa shape index (κ2) is 11.7. The molecule has 2 N–H and O–H groups in total. The van der Waals surface area contributed by atoms with Gasteiger partial charge in [0, 0.05) is 18.0 Å². The maximum atomic E-state index is 12.3. The molecular weight excluding hydrogens is 490 g/mol. The fraction of sp³-hybridized carbons (Fsp3) is 0.379. The van der Waals surface area contributed by atoms with Crippen molar-refractivity contribution >= 4 is 11.9 Å². The smallest absolute Gasteiger partial charge is 0.339 e. The largest absolute Gasteiger partial charge is 0.496 e. The van der Waals surface area contributed by atoms with Crippen molar-refractivity contribution in [1.82, 2.24) is 4.57 Å². The Hall–Kier alpha value is -3.82. The van der Waals surface area contributed by atoms with Crippen LogP contribution in [0.3, 0.4) is 0 Å². The van der Waals surface area contributed by atoms with Crippen molar-refractivity contribution in [2.45, 2.75) is 51.0 Å². The molecule has 1 aromatic heterocycles. The summed E-state index contributed by atoms with van der Waals surface area (Å²) < 4.78 is 24.0. The summed E-state index contributed by atoms with van der Waals surface area (Å²) in [5.41, 5.74) is 4.26. The van der Waals surface area contributed by atoms with Gasteiger partial charge in [-0.05, 0) is 54.2 Å². The third-order valence-electron chi connectivity index (χ3n) is 6.95. The summed E-state index contributed by atoms with van der Waals surface area (Å²) in [5, 5.41) is 20.9. The highest BCUT2D eigenvalue weighted by atomic mass is 16.5. The predicted octanol–water partition coefficient (Wildman–Crippen LogP) is 3.51. The summed E-state index contributed by atoms with van der Waals surface area (Å²) in [6.45, 7) is 2.03. The van der Waals surface area contributed by atoms with E-state index in [0.717, 1.165) is 5.56 Å². The zero-order valence-corrected chi connectivity index (χ0v) is 22.0. The number of aliphatic hydroxyl groups excluding tert-OH is 1. The molecule has 3 aromatic rings. The molecule has 0 bridgehead atoms. The summed E-state index contributed by atoms with van der Waals surface area (Å²) in [7, 11) is 4.36. The maximum absolute atomic E-state index is 12.3. The van der Waals surface area contributed by atoms with Gasteiger partial charge in [-0.25, -0.2) is 4.79 Å². The third-order valence-corrected chi connectivity index (χ3v) is 6.95. The van der Waals surface area contributed by atoms with Crippen LogP contribution in [0.25, 0.3) is 0 Å². The zero-order chi connectivity index (χ0) is 27.4. The number of nitrogens with zero attached hydrogens (tertiary/aromatic N) is 1.